The molecule has 2 rings (SSSR count). The Balaban J connectivity index is 2.23. The third-order valence-corrected chi connectivity index (χ3v) is 4.36. The molecule has 1 heterocycles. The average Bonchev–Trinajstić information content (AvgIpc) is 2.78. The summed E-state index contributed by atoms with van der Waals surface area (Å²) in [6, 6.07) is 0. The van der Waals surface area contributed by atoms with Crippen LogP contribution in [0.3, 0.4) is 0 Å². The Hall–Kier alpha value is -0.670. The standard InChI is InChI=1S/C14H22O3/c1-10-5-4-6-12(9-11(2)15)14(10,3)13-16-7-8-17-13/h4,6,10,12-13H,5,7-9H2,1-3H3/t10-,12+,14+/m1/s1. The molecule has 1 aliphatic carbocycles. The molecule has 1 aliphatic heterocycles. The molecule has 3 heteroatoms. The van der Waals surface area contributed by atoms with Crippen LogP contribution in [0.5, 0.6) is 0 Å². The van der Waals surface area contributed by atoms with Gasteiger partial charge in [-0.2, -0.15) is 0 Å². The first-order valence-electron chi connectivity index (χ1n) is 6.44. The van der Waals surface area contributed by atoms with Gasteiger partial charge in [-0.15, -0.1) is 0 Å². The number of ketones is 1. The van der Waals surface area contributed by atoms with E-state index in [0.717, 1.165) is 6.42 Å². The van der Waals surface area contributed by atoms with E-state index >= 15 is 0 Å². The molecule has 3 nitrogen and oxygen atoms in total. The number of carbonyl (C=O) groups is 1. The minimum atomic E-state index is -0.160. The van der Waals surface area contributed by atoms with E-state index in [-0.39, 0.29) is 23.4 Å². The highest BCUT2D eigenvalue weighted by molar-refractivity contribution is 5.76. The van der Waals surface area contributed by atoms with Gasteiger partial charge in [0, 0.05) is 11.8 Å². The first kappa shape index (κ1) is 12.8. The van der Waals surface area contributed by atoms with Crippen LogP contribution in [-0.4, -0.2) is 25.3 Å². The monoisotopic (exact) mass is 238 g/mol. The van der Waals surface area contributed by atoms with Gasteiger partial charge >= 0.3 is 0 Å². The normalized spacial score (nSPS) is 38.5. The highest BCUT2D eigenvalue weighted by Crippen LogP contribution is 2.48. The van der Waals surface area contributed by atoms with Gasteiger partial charge in [-0.1, -0.05) is 26.0 Å². The van der Waals surface area contributed by atoms with Gasteiger partial charge in [0.25, 0.3) is 0 Å². The summed E-state index contributed by atoms with van der Waals surface area (Å²) in [6.45, 7) is 7.42. The molecule has 0 aromatic rings. The van der Waals surface area contributed by atoms with Crippen LogP contribution in [0.25, 0.3) is 0 Å². The number of rotatable bonds is 3. The third-order valence-electron chi connectivity index (χ3n) is 4.36. The van der Waals surface area contributed by atoms with Crippen molar-refractivity contribution < 1.29 is 14.3 Å². The second kappa shape index (κ2) is 4.91. The van der Waals surface area contributed by atoms with Gasteiger partial charge in [-0.3, -0.25) is 0 Å². The number of Topliss-reactive ketones (excluding diaryl/α,β-unsaturated/α-hetero) is 1. The molecule has 0 bridgehead atoms. The SMILES string of the molecule is CC(=O)C[C@@H]1C=CC[C@@H](C)[C@]1(C)C1OCCO1. The topological polar surface area (TPSA) is 35.5 Å². The summed E-state index contributed by atoms with van der Waals surface area (Å²) in [7, 11) is 0. The zero-order valence-electron chi connectivity index (χ0n) is 10.9. The number of ether oxygens (including phenoxy) is 2. The Bertz CT molecular complexity index is 317. The second-order valence-electron chi connectivity index (χ2n) is 5.52. The highest BCUT2D eigenvalue weighted by Gasteiger charge is 2.48. The summed E-state index contributed by atoms with van der Waals surface area (Å²) in [5, 5.41) is 0. The molecule has 0 aromatic carbocycles. The molecule has 0 amide bonds. The fourth-order valence-corrected chi connectivity index (χ4v) is 3.00. The molecule has 0 spiro atoms. The molecule has 3 atom stereocenters. The lowest BCUT2D eigenvalue weighted by Crippen LogP contribution is -2.46. The predicted octanol–water partition coefficient (Wildman–Crippen LogP) is 2.56. The Morgan fingerprint density at radius 3 is 2.65 bits per heavy atom. The van der Waals surface area contributed by atoms with Gasteiger partial charge in [-0.25, -0.2) is 0 Å². The average molecular weight is 238 g/mol. The first-order valence-corrected chi connectivity index (χ1v) is 6.44. The van der Waals surface area contributed by atoms with Crippen LogP contribution in [-0.2, 0) is 14.3 Å². The highest BCUT2D eigenvalue weighted by atomic mass is 16.7. The van der Waals surface area contributed by atoms with E-state index in [1.165, 1.54) is 0 Å². The Morgan fingerprint density at radius 2 is 2.06 bits per heavy atom. The van der Waals surface area contributed by atoms with Crippen molar-refractivity contribution >= 4 is 5.78 Å². The van der Waals surface area contributed by atoms with Crippen LogP contribution in [0.15, 0.2) is 12.2 Å². The van der Waals surface area contributed by atoms with E-state index in [9.17, 15) is 4.79 Å². The molecule has 96 valence electrons. The van der Waals surface area contributed by atoms with Gasteiger partial charge in [0.2, 0.25) is 0 Å². The molecule has 17 heavy (non-hydrogen) atoms. The predicted molar refractivity (Wildman–Crippen MR) is 65.5 cm³/mol. The van der Waals surface area contributed by atoms with Crippen molar-refractivity contribution in [1.82, 2.24) is 0 Å². The van der Waals surface area contributed by atoms with Gasteiger partial charge in [-0.05, 0) is 25.2 Å². The Kier molecular flexibility index (Phi) is 3.69. The van der Waals surface area contributed by atoms with Gasteiger partial charge < -0.3 is 14.3 Å². The van der Waals surface area contributed by atoms with Gasteiger partial charge in [0.15, 0.2) is 6.29 Å². The quantitative estimate of drug-likeness (QED) is 0.709. The molecule has 0 unspecified atom stereocenters. The Morgan fingerprint density at radius 1 is 1.41 bits per heavy atom. The van der Waals surface area contributed by atoms with Gasteiger partial charge in [0.1, 0.15) is 5.78 Å². The number of carbonyl (C=O) groups excluding carboxylic acids is 1. The summed E-state index contributed by atoms with van der Waals surface area (Å²) in [4.78, 5) is 11.4. The smallest absolute Gasteiger partial charge is 0.163 e. The van der Waals surface area contributed by atoms with Crippen molar-refractivity contribution in [3.8, 4) is 0 Å². The lowest BCUT2D eigenvalue weighted by molar-refractivity contribution is -0.167. The largest absolute Gasteiger partial charge is 0.350 e. The minimum absolute atomic E-state index is 0.0864. The first-order chi connectivity index (χ1) is 8.05. The summed E-state index contributed by atoms with van der Waals surface area (Å²) >= 11 is 0. The van der Waals surface area contributed by atoms with Crippen LogP contribution in [0.2, 0.25) is 0 Å². The summed E-state index contributed by atoms with van der Waals surface area (Å²) in [5.41, 5.74) is -0.0864. The summed E-state index contributed by atoms with van der Waals surface area (Å²) in [6.07, 6.45) is 5.82. The lowest BCUT2D eigenvalue weighted by Gasteiger charge is -2.46. The third kappa shape index (κ3) is 2.31. The molecule has 0 radical (unpaired) electrons. The molecule has 1 fully saturated rings. The van der Waals surface area contributed by atoms with E-state index < -0.39 is 0 Å². The maximum Gasteiger partial charge on any atom is 0.163 e. The van der Waals surface area contributed by atoms with Crippen LogP contribution >= 0.6 is 0 Å². The van der Waals surface area contributed by atoms with Crippen molar-refractivity contribution in [3.63, 3.8) is 0 Å². The van der Waals surface area contributed by atoms with Crippen molar-refractivity contribution in [3.05, 3.63) is 12.2 Å². The van der Waals surface area contributed by atoms with Gasteiger partial charge in [0.05, 0.1) is 13.2 Å². The maximum absolute atomic E-state index is 11.4. The molecular weight excluding hydrogens is 216 g/mol. The molecule has 1 saturated heterocycles. The minimum Gasteiger partial charge on any atom is -0.350 e. The van der Waals surface area contributed by atoms with E-state index in [0.29, 0.717) is 25.6 Å². The fourth-order valence-electron chi connectivity index (χ4n) is 3.00. The van der Waals surface area contributed by atoms with Crippen molar-refractivity contribution in [1.29, 1.82) is 0 Å². The van der Waals surface area contributed by atoms with E-state index in [1.54, 1.807) is 6.92 Å². The van der Waals surface area contributed by atoms with E-state index in [4.69, 9.17) is 9.47 Å². The zero-order valence-corrected chi connectivity index (χ0v) is 10.9. The lowest BCUT2D eigenvalue weighted by atomic mass is 9.62. The van der Waals surface area contributed by atoms with Crippen LogP contribution in [0.1, 0.15) is 33.6 Å². The molecule has 0 aromatic heterocycles. The fraction of sp³-hybridized carbons (Fsp3) is 0.786. The maximum atomic E-state index is 11.4. The van der Waals surface area contributed by atoms with Crippen molar-refractivity contribution in [2.75, 3.05) is 13.2 Å². The van der Waals surface area contributed by atoms with Crippen LogP contribution in [0, 0.1) is 17.3 Å². The molecule has 0 saturated carbocycles. The molecule has 2 aliphatic rings. The van der Waals surface area contributed by atoms with Crippen LogP contribution in [0.4, 0.5) is 0 Å². The number of hydrogen-bond donors (Lipinski definition) is 0. The molecule has 0 N–H and O–H groups in total. The molecular formula is C14H22O3. The van der Waals surface area contributed by atoms with Crippen molar-refractivity contribution in [2.24, 2.45) is 17.3 Å². The summed E-state index contributed by atoms with van der Waals surface area (Å²) < 4.78 is 11.4. The van der Waals surface area contributed by atoms with Crippen molar-refractivity contribution in [2.45, 2.75) is 39.9 Å². The number of hydrogen-bond acceptors (Lipinski definition) is 3. The van der Waals surface area contributed by atoms with E-state index in [2.05, 4.69) is 26.0 Å². The Labute approximate surface area is 103 Å². The number of allylic oxidation sites excluding steroid dienone is 2. The van der Waals surface area contributed by atoms with Crippen LogP contribution < -0.4 is 0 Å². The van der Waals surface area contributed by atoms with E-state index in [1.807, 2.05) is 0 Å². The second-order valence-corrected chi connectivity index (χ2v) is 5.52. The summed E-state index contributed by atoms with van der Waals surface area (Å²) in [5.74, 6) is 0.935. The zero-order chi connectivity index (χ0) is 12.5.